The van der Waals surface area contributed by atoms with Crippen molar-refractivity contribution in [2.75, 3.05) is 26.8 Å². The lowest BCUT2D eigenvalue weighted by Gasteiger charge is -2.32. The zero-order valence-electron chi connectivity index (χ0n) is 7.55. The van der Waals surface area contributed by atoms with Gasteiger partial charge in [0.2, 0.25) is 0 Å². The molecule has 1 aliphatic rings. The Labute approximate surface area is 73.2 Å². The minimum atomic E-state index is 0.191. The second-order valence-electron chi connectivity index (χ2n) is 3.29. The van der Waals surface area contributed by atoms with Gasteiger partial charge in [-0.1, -0.05) is 0 Å². The molecule has 1 atom stereocenters. The smallest absolute Gasteiger partial charge is 0.188 e. The maximum atomic E-state index is 7.27. The van der Waals surface area contributed by atoms with Gasteiger partial charge in [0.15, 0.2) is 5.96 Å². The van der Waals surface area contributed by atoms with Gasteiger partial charge in [-0.05, 0) is 18.8 Å². The van der Waals surface area contributed by atoms with E-state index in [0.29, 0.717) is 5.92 Å². The molecule has 12 heavy (non-hydrogen) atoms. The Hall–Kier alpha value is -0.770. The minimum absolute atomic E-state index is 0.191. The second-order valence-corrected chi connectivity index (χ2v) is 3.29. The van der Waals surface area contributed by atoms with E-state index in [2.05, 4.69) is 0 Å². The molecule has 0 radical (unpaired) electrons. The number of guanidine groups is 1. The first-order valence-corrected chi connectivity index (χ1v) is 4.32. The molecule has 0 aliphatic carbocycles. The highest BCUT2D eigenvalue weighted by molar-refractivity contribution is 5.74. The van der Waals surface area contributed by atoms with E-state index in [-0.39, 0.29) is 5.96 Å². The molecule has 0 saturated carbocycles. The summed E-state index contributed by atoms with van der Waals surface area (Å²) >= 11 is 0. The van der Waals surface area contributed by atoms with Crippen molar-refractivity contribution in [3.8, 4) is 0 Å². The van der Waals surface area contributed by atoms with Crippen LogP contribution in [-0.2, 0) is 4.74 Å². The molecule has 0 aromatic heterocycles. The largest absolute Gasteiger partial charge is 0.384 e. The number of ether oxygens (including phenoxy) is 1. The van der Waals surface area contributed by atoms with E-state index in [0.717, 1.165) is 26.1 Å². The van der Waals surface area contributed by atoms with E-state index in [1.165, 1.54) is 6.42 Å². The highest BCUT2D eigenvalue weighted by atomic mass is 16.5. The Bertz CT molecular complexity index is 158. The van der Waals surface area contributed by atoms with Gasteiger partial charge in [-0.3, -0.25) is 5.41 Å². The third-order valence-electron chi connectivity index (χ3n) is 2.26. The SMILES string of the molecule is COCC1CCCN(C(=N)N)C1. The van der Waals surface area contributed by atoms with Crippen molar-refractivity contribution < 1.29 is 4.74 Å². The van der Waals surface area contributed by atoms with E-state index >= 15 is 0 Å². The van der Waals surface area contributed by atoms with Crippen molar-refractivity contribution in [1.29, 1.82) is 5.41 Å². The Balaban J connectivity index is 2.35. The van der Waals surface area contributed by atoms with Crippen molar-refractivity contribution >= 4 is 5.96 Å². The van der Waals surface area contributed by atoms with Crippen molar-refractivity contribution in [1.82, 2.24) is 4.90 Å². The standard InChI is InChI=1S/C8H17N3O/c1-12-6-7-3-2-4-11(5-7)8(9)10/h7H,2-6H2,1H3,(H3,9,10). The molecule has 1 unspecified atom stereocenters. The Morgan fingerprint density at radius 1 is 1.75 bits per heavy atom. The van der Waals surface area contributed by atoms with Crippen LogP contribution in [0.3, 0.4) is 0 Å². The number of nitrogens with one attached hydrogen (secondary N) is 1. The fourth-order valence-corrected chi connectivity index (χ4v) is 1.66. The molecule has 4 heteroatoms. The van der Waals surface area contributed by atoms with E-state index < -0.39 is 0 Å². The predicted octanol–water partition coefficient (Wildman–Crippen LogP) is 0.238. The zero-order valence-corrected chi connectivity index (χ0v) is 7.55. The molecule has 1 heterocycles. The number of hydrogen-bond donors (Lipinski definition) is 2. The van der Waals surface area contributed by atoms with E-state index in [9.17, 15) is 0 Å². The normalized spacial score (nSPS) is 24.1. The van der Waals surface area contributed by atoms with Gasteiger partial charge in [0.05, 0.1) is 6.61 Å². The summed E-state index contributed by atoms with van der Waals surface area (Å²) in [5.74, 6) is 0.739. The molecule has 70 valence electrons. The Morgan fingerprint density at radius 3 is 3.08 bits per heavy atom. The summed E-state index contributed by atoms with van der Waals surface area (Å²) in [4.78, 5) is 1.91. The fourth-order valence-electron chi connectivity index (χ4n) is 1.66. The fraction of sp³-hybridized carbons (Fsp3) is 0.875. The Kier molecular flexibility index (Phi) is 3.34. The minimum Gasteiger partial charge on any atom is -0.384 e. The van der Waals surface area contributed by atoms with Gasteiger partial charge in [0, 0.05) is 20.2 Å². The zero-order chi connectivity index (χ0) is 8.97. The molecule has 0 aromatic rings. The summed E-state index contributed by atoms with van der Waals surface area (Å²) in [5, 5.41) is 7.27. The van der Waals surface area contributed by atoms with E-state index in [1.807, 2.05) is 4.90 Å². The number of nitrogens with zero attached hydrogens (tertiary/aromatic N) is 1. The average molecular weight is 171 g/mol. The van der Waals surface area contributed by atoms with Crippen LogP contribution in [-0.4, -0.2) is 37.7 Å². The van der Waals surface area contributed by atoms with Gasteiger partial charge in [-0.2, -0.15) is 0 Å². The highest BCUT2D eigenvalue weighted by Gasteiger charge is 2.19. The van der Waals surface area contributed by atoms with E-state index in [4.69, 9.17) is 15.9 Å². The highest BCUT2D eigenvalue weighted by Crippen LogP contribution is 2.15. The molecule has 0 spiro atoms. The summed E-state index contributed by atoms with van der Waals surface area (Å²) < 4.78 is 5.07. The molecule has 1 rings (SSSR count). The molecular weight excluding hydrogens is 154 g/mol. The van der Waals surface area contributed by atoms with Crippen LogP contribution in [0.25, 0.3) is 0 Å². The van der Waals surface area contributed by atoms with Crippen LogP contribution in [0.2, 0.25) is 0 Å². The van der Waals surface area contributed by atoms with Crippen LogP contribution in [0, 0.1) is 11.3 Å². The molecule has 1 fully saturated rings. The van der Waals surface area contributed by atoms with Crippen LogP contribution in [0.1, 0.15) is 12.8 Å². The second kappa shape index (κ2) is 4.30. The average Bonchev–Trinajstić information content (AvgIpc) is 2.05. The quantitative estimate of drug-likeness (QED) is 0.462. The molecule has 0 aromatic carbocycles. The van der Waals surface area contributed by atoms with Gasteiger partial charge in [-0.25, -0.2) is 0 Å². The molecule has 3 N–H and O–H groups in total. The van der Waals surface area contributed by atoms with Crippen LogP contribution >= 0.6 is 0 Å². The van der Waals surface area contributed by atoms with Crippen molar-refractivity contribution in [3.63, 3.8) is 0 Å². The predicted molar refractivity (Wildman–Crippen MR) is 48.1 cm³/mol. The lowest BCUT2D eigenvalue weighted by Crippen LogP contribution is -2.44. The van der Waals surface area contributed by atoms with Crippen LogP contribution < -0.4 is 5.73 Å². The third kappa shape index (κ3) is 2.37. The van der Waals surface area contributed by atoms with Gasteiger partial charge in [0.1, 0.15) is 0 Å². The molecule has 1 aliphatic heterocycles. The number of nitrogens with two attached hydrogens (primary N) is 1. The topological polar surface area (TPSA) is 62.3 Å². The molecule has 4 nitrogen and oxygen atoms in total. The van der Waals surface area contributed by atoms with Gasteiger partial charge < -0.3 is 15.4 Å². The van der Waals surface area contributed by atoms with Gasteiger partial charge in [0.25, 0.3) is 0 Å². The monoisotopic (exact) mass is 171 g/mol. The lowest BCUT2D eigenvalue weighted by atomic mass is 9.99. The lowest BCUT2D eigenvalue weighted by molar-refractivity contribution is 0.115. The summed E-state index contributed by atoms with van der Waals surface area (Å²) in [6.45, 7) is 2.59. The van der Waals surface area contributed by atoms with Crippen LogP contribution in [0.5, 0.6) is 0 Å². The number of methoxy groups -OCH3 is 1. The number of hydrogen-bond acceptors (Lipinski definition) is 2. The van der Waals surface area contributed by atoms with Gasteiger partial charge >= 0.3 is 0 Å². The van der Waals surface area contributed by atoms with E-state index in [1.54, 1.807) is 7.11 Å². The summed E-state index contributed by atoms with van der Waals surface area (Å²) in [7, 11) is 1.71. The first-order chi connectivity index (χ1) is 5.74. The Morgan fingerprint density at radius 2 is 2.50 bits per heavy atom. The first kappa shape index (κ1) is 9.32. The number of likely N-dealkylation sites (tertiary alicyclic amines) is 1. The third-order valence-corrected chi connectivity index (χ3v) is 2.26. The molecular formula is C8H17N3O. The van der Waals surface area contributed by atoms with Crippen LogP contribution in [0.15, 0.2) is 0 Å². The summed E-state index contributed by atoms with van der Waals surface area (Å²) in [5.41, 5.74) is 5.39. The number of piperidine rings is 1. The van der Waals surface area contributed by atoms with Gasteiger partial charge in [-0.15, -0.1) is 0 Å². The van der Waals surface area contributed by atoms with Crippen molar-refractivity contribution in [3.05, 3.63) is 0 Å². The maximum Gasteiger partial charge on any atom is 0.188 e. The number of rotatable bonds is 2. The van der Waals surface area contributed by atoms with Crippen molar-refractivity contribution in [2.45, 2.75) is 12.8 Å². The molecule has 0 amide bonds. The maximum absolute atomic E-state index is 7.27. The summed E-state index contributed by atoms with van der Waals surface area (Å²) in [6.07, 6.45) is 2.31. The molecule has 0 bridgehead atoms. The molecule has 1 saturated heterocycles. The first-order valence-electron chi connectivity index (χ1n) is 4.32. The van der Waals surface area contributed by atoms with Crippen molar-refractivity contribution in [2.24, 2.45) is 11.7 Å². The summed E-state index contributed by atoms with van der Waals surface area (Å²) in [6, 6.07) is 0. The van der Waals surface area contributed by atoms with Crippen LogP contribution in [0.4, 0.5) is 0 Å².